The predicted octanol–water partition coefficient (Wildman–Crippen LogP) is 6.16. The Morgan fingerprint density at radius 1 is 0.971 bits per heavy atom. The lowest BCUT2D eigenvalue weighted by molar-refractivity contribution is 0.0951. The molecular weight excluding hydrogens is 472 g/mol. The molecule has 7 nitrogen and oxygen atoms in total. The number of hydrazine groups is 1. The van der Waals surface area contributed by atoms with E-state index in [2.05, 4.69) is 15.7 Å². The van der Waals surface area contributed by atoms with Crippen LogP contribution in [0.2, 0.25) is 5.02 Å². The highest BCUT2D eigenvalue weighted by atomic mass is 35.5. The fourth-order valence-corrected chi connectivity index (χ4v) is 3.95. The van der Waals surface area contributed by atoms with Gasteiger partial charge in [-0.25, -0.2) is 9.78 Å². The molecule has 0 unspecified atom stereocenters. The molecule has 0 aliphatic rings. The standard InChI is InChI=1S/C25H21ClN4O3S/c1-16-3-5-18(6-4-16)23(31)29-30(24(32)27-20-11-9-19(26)10-12-20)25-28-22(15-34-25)17-7-13-21(33-2)14-8-17/h3-15H,1-2H3,(H,27,32)(H,29,31). The maximum Gasteiger partial charge on any atom is 0.347 e. The second-order valence-corrected chi connectivity index (χ2v) is 8.60. The van der Waals surface area contributed by atoms with Crippen molar-refractivity contribution in [3.05, 3.63) is 94.3 Å². The van der Waals surface area contributed by atoms with E-state index < -0.39 is 11.9 Å². The number of aryl methyl sites for hydroxylation is 1. The zero-order chi connectivity index (χ0) is 24.1. The molecule has 0 aliphatic carbocycles. The van der Waals surface area contributed by atoms with Crippen LogP contribution >= 0.6 is 22.9 Å². The van der Waals surface area contributed by atoms with Gasteiger partial charge in [-0.05, 0) is 67.6 Å². The third kappa shape index (κ3) is 5.54. The minimum absolute atomic E-state index is 0.303. The van der Waals surface area contributed by atoms with Gasteiger partial charge in [0.25, 0.3) is 5.91 Å². The Labute approximate surface area is 205 Å². The molecule has 0 spiro atoms. The van der Waals surface area contributed by atoms with E-state index in [4.69, 9.17) is 16.3 Å². The number of hydrogen-bond acceptors (Lipinski definition) is 5. The summed E-state index contributed by atoms with van der Waals surface area (Å²) in [6.45, 7) is 1.93. The van der Waals surface area contributed by atoms with E-state index >= 15 is 0 Å². The van der Waals surface area contributed by atoms with Gasteiger partial charge in [0.15, 0.2) is 0 Å². The molecule has 9 heteroatoms. The molecule has 0 atom stereocenters. The van der Waals surface area contributed by atoms with Crippen molar-refractivity contribution in [2.45, 2.75) is 6.92 Å². The Bertz CT molecular complexity index is 1290. The van der Waals surface area contributed by atoms with Gasteiger partial charge in [-0.3, -0.25) is 10.2 Å². The van der Waals surface area contributed by atoms with Crippen LogP contribution in [0.25, 0.3) is 11.3 Å². The predicted molar refractivity (Wildman–Crippen MR) is 136 cm³/mol. The van der Waals surface area contributed by atoms with Crippen molar-refractivity contribution in [1.82, 2.24) is 10.4 Å². The van der Waals surface area contributed by atoms with E-state index in [1.54, 1.807) is 43.5 Å². The highest BCUT2D eigenvalue weighted by Crippen LogP contribution is 2.28. The Kier molecular flexibility index (Phi) is 7.10. The molecule has 1 aromatic heterocycles. The largest absolute Gasteiger partial charge is 0.497 e. The number of carbonyl (C=O) groups is 2. The number of benzene rings is 3. The molecule has 3 aromatic carbocycles. The van der Waals surface area contributed by atoms with Gasteiger partial charge in [-0.1, -0.05) is 29.3 Å². The quantitative estimate of drug-likeness (QED) is 0.326. The number of aromatic nitrogens is 1. The van der Waals surface area contributed by atoms with E-state index in [0.717, 1.165) is 21.9 Å². The molecule has 0 saturated carbocycles. The molecule has 0 radical (unpaired) electrons. The van der Waals surface area contributed by atoms with E-state index in [1.807, 2.05) is 48.7 Å². The van der Waals surface area contributed by atoms with Gasteiger partial charge in [0.2, 0.25) is 5.13 Å². The summed E-state index contributed by atoms with van der Waals surface area (Å²) in [5.41, 5.74) is 6.15. The molecule has 4 rings (SSSR count). The van der Waals surface area contributed by atoms with Crippen LogP contribution in [0.1, 0.15) is 15.9 Å². The molecule has 172 valence electrons. The smallest absolute Gasteiger partial charge is 0.347 e. The number of halogens is 1. The number of methoxy groups -OCH3 is 1. The average Bonchev–Trinajstić information content (AvgIpc) is 3.34. The van der Waals surface area contributed by atoms with Gasteiger partial charge in [-0.2, -0.15) is 5.01 Å². The summed E-state index contributed by atoms with van der Waals surface area (Å²) in [5.74, 6) is 0.293. The summed E-state index contributed by atoms with van der Waals surface area (Å²) >= 11 is 7.17. The van der Waals surface area contributed by atoms with Gasteiger partial charge in [0, 0.05) is 27.2 Å². The van der Waals surface area contributed by atoms with Crippen molar-refractivity contribution in [3.63, 3.8) is 0 Å². The Morgan fingerprint density at radius 2 is 1.65 bits per heavy atom. The summed E-state index contributed by atoms with van der Waals surface area (Å²) in [6.07, 6.45) is 0. The second-order valence-electron chi connectivity index (χ2n) is 7.32. The minimum Gasteiger partial charge on any atom is -0.497 e. The van der Waals surface area contributed by atoms with Crippen LogP contribution in [-0.4, -0.2) is 24.0 Å². The van der Waals surface area contributed by atoms with Crippen molar-refractivity contribution < 1.29 is 14.3 Å². The SMILES string of the molecule is COc1ccc(-c2csc(N(NC(=O)c3ccc(C)cc3)C(=O)Nc3ccc(Cl)cc3)n2)cc1. The van der Waals surface area contributed by atoms with Crippen molar-refractivity contribution in [2.24, 2.45) is 0 Å². The lowest BCUT2D eigenvalue weighted by Gasteiger charge is -2.21. The third-order valence-electron chi connectivity index (χ3n) is 4.89. The first-order chi connectivity index (χ1) is 16.4. The molecule has 2 N–H and O–H groups in total. The second kappa shape index (κ2) is 10.4. The molecule has 0 aliphatic heterocycles. The van der Waals surface area contributed by atoms with E-state index in [1.165, 1.54) is 11.3 Å². The highest BCUT2D eigenvalue weighted by Gasteiger charge is 2.23. The number of rotatable bonds is 5. The zero-order valence-corrected chi connectivity index (χ0v) is 20.0. The fourth-order valence-electron chi connectivity index (χ4n) is 3.03. The topological polar surface area (TPSA) is 83.6 Å². The van der Waals surface area contributed by atoms with Gasteiger partial charge in [0.05, 0.1) is 12.8 Å². The number of ether oxygens (including phenoxy) is 1. The van der Waals surface area contributed by atoms with Gasteiger partial charge < -0.3 is 10.1 Å². The van der Waals surface area contributed by atoms with Gasteiger partial charge in [-0.15, -0.1) is 11.3 Å². The third-order valence-corrected chi connectivity index (χ3v) is 5.97. The van der Waals surface area contributed by atoms with Crippen molar-refractivity contribution in [1.29, 1.82) is 0 Å². The lowest BCUT2D eigenvalue weighted by atomic mass is 10.1. The van der Waals surface area contributed by atoms with Crippen LogP contribution in [0, 0.1) is 6.92 Å². The number of amides is 3. The Morgan fingerprint density at radius 3 is 2.29 bits per heavy atom. The summed E-state index contributed by atoms with van der Waals surface area (Å²) in [7, 11) is 1.60. The number of thiazole rings is 1. The van der Waals surface area contributed by atoms with Gasteiger partial charge in [0.1, 0.15) is 5.75 Å². The zero-order valence-electron chi connectivity index (χ0n) is 18.4. The molecule has 4 aromatic rings. The number of hydrogen-bond donors (Lipinski definition) is 2. The first kappa shape index (κ1) is 23.3. The Balaban J connectivity index is 1.61. The minimum atomic E-state index is -0.571. The molecule has 0 saturated heterocycles. The number of anilines is 2. The first-order valence-electron chi connectivity index (χ1n) is 10.3. The number of carbonyl (C=O) groups excluding carboxylic acids is 2. The van der Waals surface area contributed by atoms with E-state index in [9.17, 15) is 9.59 Å². The van der Waals surface area contributed by atoms with Crippen LogP contribution in [-0.2, 0) is 0 Å². The summed E-state index contributed by atoms with van der Waals surface area (Å²) in [5, 5.41) is 6.54. The Hall–Kier alpha value is -3.88. The van der Waals surface area contributed by atoms with Crippen molar-refractivity contribution in [3.8, 4) is 17.0 Å². The number of nitrogens with zero attached hydrogens (tertiary/aromatic N) is 2. The van der Waals surface area contributed by atoms with Crippen LogP contribution in [0.5, 0.6) is 5.75 Å². The van der Waals surface area contributed by atoms with E-state index in [0.29, 0.717) is 27.1 Å². The average molecular weight is 493 g/mol. The molecule has 0 fully saturated rings. The van der Waals surface area contributed by atoms with Crippen molar-refractivity contribution in [2.75, 3.05) is 17.4 Å². The van der Waals surface area contributed by atoms with Crippen LogP contribution in [0.15, 0.2) is 78.2 Å². The summed E-state index contributed by atoms with van der Waals surface area (Å²) in [4.78, 5) is 30.6. The normalized spacial score (nSPS) is 10.4. The molecule has 34 heavy (non-hydrogen) atoms. The number of urea groups is 1. The summed E-state index contributed by atoms with van der Waals surface area (Å²) < 4.78 is 5.20. The first-order valence-corrected chi connectivity index (χ1v) is 11.5. The molecule has 0 bridgehead atoms. The fraction of sp³-hybridized carbons (Fsp3) is 0.0800. The molecular formula is C25H21ClN4O3S. The maximum absolute atomic E-state index is 13.2. The number of nitrogens with one attached hydrogen (secondary N) is 2. The molecule has 1 heterocycles. The van der Waals surface area contributed by atoms with Crippen LogP contribution in [0.3, 0.4) is 0 Å². The maximum atomic E-state index is 13.2. The lowest BCUT2D eigenvalue weighted by Crippen LogP contribution is -2.48. The molecule has 3 amide bonds. The highest BCUT2D eigenvalue weighted by molar-refractivity contribution is 7.14. The van der Waals surface area contributed by atoms with Crippen LogP contribution in [0.4, 0.5) is 15.6 Å². The summed E-state index contributed by atoms with van der Waals surface area (Å²) in [6, 6.07) is 20.6. The van der Waals surface area contributed by atoms with Gasteiger partial charge >= 0.3 is 6.03 Å². The van der Waals surface area contributed by atoms with Crippen molar-refractivity contribution >= 4 is 45.7 Å². The van der Waals surface area contributed by atoms with E-state index in [-0.39, 0.29) is 0 Å². The monoisotopic (exact) mass is 492 g/mol. The van der Waals surface area contributed by atoms with Crippen LogP contribution < -0.4 is 20.5 Å².